The number of nitrogens with one attached hydrogen (secondary N) is 2. The van der Waals surface area contributed by atoms with Gasteiger partial charge in [-0.1, -0.05) is 45.7 Å². The number of hydrogen-bond acceptors (Lipinski definition) is 4. The Morgan fingerprint density at radius 1 is 1.44 bits per heavy atom. The molecule has 2 N–H and O–H groups in total. The lowest BCUT2D eigenvalue weighted by atomic mass is 10.2. The van der Waals surface area contributed by atoms with E-state index in [0.717, 1.165) is 10.0 Å². The van der Waals surface area contributed by atoms with Gasteiger partial charge >= 0.3 is 0 Å². The first-order valence-corrected chi connectivity index (χ1v) is 6.12. The second kappa shape index (κ2) is 5.79. The van der Waals surface area contributed by atoms with E-state index < -0.39 is 5.56 Å². The SMILES string of the molecule is O=c1[nH]ncc(N/N=C\c2ccccc2Br)c1Cl. The van der Waals surface area contributed by atoms with Crippen molar-refractivity contribution in [2.75, 3.05) is 5.43 Å². The Labute approximate surface area is 116 Å². The predicted octanol–water partition coefficient (Wildman–Crippen LogP) is 2.63. The third kappa shape index (κ3) is 2.96. The van der Waals surface area contributed by atoms with E-state index in [1.165, 1.54) is 6.20 Å². The maximum Gasteiger partial charge on any atom is 0.285 e. The van der Waals surface area contributed by atoms with E-state index in [4.69, 9.17) is 11.6 Å². The molecule has 0 unspecified atom stereocenters. The molecule has 7 heteroatoms. The summed E-state index contributed by atoms with van der Waals surface area (Å²) in [6, 6.07) is 7.61. The molecule has 0 amide bonds. The number of rotatable bonds is 3. The summed E-state index contributed by atoms with van der Waals surface area (Å²) in [7, 11) is 0. The minimum absolute atomic E-state index is 0.0225. The molecule has 0 bridgehead atoms. The van der Waals surface area contributed by atoms with Crippen molar-refractivity contribution in [2.24, 2.45) is 5.10 Å². The third-order valence-electron chi connectivity index (χ3n) is 2.09. The van der Waals surface area contributed by atoms with Crippen LogP contribution in [0.25, 0.3) is 0 Å². The first kappa shape index (κ1) is 12.8. The lowest BCUT2D eigenvalue weighted by Gasteiger charge is -2.01. The molecule has 0 spiro atoms. The second-order valence-electron chi connectivity index (χ2n) is 3.32. The van der Waals surface area contributed by atoms with Crippen LogP contribution >= 0.6 is 27.5 Å². The molecule has 1 aromatic carbocycles. The largest absolute Gasteiger partial charge is 0.285 e. The standard InChI is InChI=1S/C11H8BrClN4O/c12-8-4-2-1-3-7(8)5-14-16-9-6-15-17-11(18)10(9)13/h1-6H,(H2,16,17,18)/b14-5-. The van der Waals surface area contributed by atoms with E-state index in [-0.39, 0.29) is 5.02 Å². The maximum atomic E-state index is 11.2. The maximum absolute atomic E-state index is 11.2. The average Bonchev–Trinajstić information content (AvgIpc) is 2.37. The molecule has 0 aliphatic rings. The van der Waals surface area contributed by atoms with Crippen molar-refractivity contribution in [3.63, 3.8) is 0 Å². The van der Waals surface area contributed by atoms with E-state index in [9.17, 15) is 4.79 Å². The second-order valence-corrected chi connectivity index (χ2v) is 4.55. The highest BCUT2D eigenvalue weighted by Crippen LogP contribution is 2.15. The van der Waals surface area contributed by atoms with Gasteiger partial charge in [0.25, 0.3) is 5.56 Å². The molecule has 2 rings (SSSR count). The Bertz CT molecular complexity index is 641. The van der Waals surface area contributed by atoms with Crippen LogP contribution in [0.4, 0.5) is 5.69 Å². The molecule has 0 saturated heterocycles. The first-order valence-electron chi connectivity index (χ1n) is 4.95. The van der Waals surface area contributed by atoms with Crippen LogP contribution in [0, 0.1) is 0 Å². The molecular weight excluding hydrogens is 320 g/mol. The van der Waals surface area contributed by atoms with Crippen molar-refractivity contribution < 1.29 is 0 Å². The van der Waals surface area contributed by atoms with E-state index in [1.54, 1.807) is 6.21 Å². The summed E-state index contributed by atoms with van der Waals surface area (Å²) >= 11 is 9.17. The minimum atomic E-state index is -0.460. The smallest absolute Gasteiger partial charge is 0.275 e. The number of nitrogens with zero attached hydrogens (tertiary/aromatic N) is 2. The summed E-state index contributed by atoms with van der Waals surface area (Å²) in [6.45, 7) is 0. The van der Waals surface area contributed by atoms with Gasteiger partial charge in [-0.3, -0.25) is 10.2 Å². The zero-order chi connectivity index (χ0) is 13.0. The Morgan fingerprint density at radius 2 is 2.22 bits per heavy atom. The molecule has 0 fully saturated rings. The Kier molecular flexibility index (Phi) is 4.11. The van der Waals surface area contributed by atoms with Crippen LogP contribution < -0.4 is 11.0 Å². The molecule has 92 valence electrons. The number of benzene rings is 1. The van der Waals surface area contributed by atoms with Crippen molar-refractivity contribution in [2.45, 2.75) is 0 Å². The molecule has 1 heterocycles. The summed E-state index contributed by atoms with van der Waals surface area (Å²) in [5.74, 6) is 0. The van der Waals surface area contributed by atoms with Gasteiger partial charge in [0.15, 0.2) is 0 Å². The van der Waals surface area contributed by atoms with Crippen LogP contribution in [-0.4, -0.2) is 16.4 Å². The highest BCUT2D eigenvalue weighted by Gasteiger charge is 2.02. The van der Waals surface area contributed by atoms with Gasteiger partial charge < -0.3 is 0 Å². The zero-order valence-electron chi connectivity index (χ0n) is 9.02. The lowest BCUT2D eigenvalue weighted by molar-refractivity contribution is 0.987. The Morgan fingerprint density at radius 3 is 3.00 bits per heavy atom. The normalized spacial score (nSPS) is 10.8. The van der Waals surface area contributed by atoms with Crippen LogP contribution in [0.3, 0.4) is 0 Å². The fourth-order valence-corrected chi connectivity index (χ4v) is 1.73. The van der Waals surface area contributed by atoms with E-state index in [0.29, 0.717) is 5.69 Å². The quantitative estimate of drug-likeness (QED) is 0.672. The van der Waals surface area contributed by atoms with Gasteiger partial charge in [-0.2, -0.15) is 10.2 Å². The van der Waals surface area contributed by atoms with Crippen molar-refractivity contribution in [3.05, 3.63) is 55.9 Å². The van der Waals surface area contributed by atoms with Crippen LogP contribution in [0.5, 0.6) is 0 Å². The Hall–Kier alpha value is -1.66. The summed E-state index contributed by atoms with van der Waals surface area (Å²) in [5.41, 5.74) is 3.46. The molecule has 0 radical (unpaired) electrons. The number of aromatic nitrogens is 2. The summed E-state index contributed by atoms with van der Waals surface area (Å²) in [5, 5.41) is 9.86. The molecule has 1 aromatic heterocycles. The fourth-order valence-electron chi connectivity index (χ4n) is 1.21. The predicted molar refractivity (Wildman–Crippen MR) is 75.2 cm³/mol. The Balaban J connectivity index is 2.15. The van der Waals surface area contributed by atoms with Crippen molar-refractivity contribution in [3.8, 4) is 0 Å². The van der Waals surface area contributed by atoms with Crippen molar-refractivity contribution in [1.82, 2.24) is 10.2 Å². The van der Waals surface area contributed by atoms with Crippen molar-refractivity contribution >= 4 is 39.4 Å². The van der Waals surface area contributed by atoms with Gasteiger partial charge in [-0.15, -0.1) is 0 Å². The van der Waals surface area contributed by atoms with Crippen LogP contribution in [0.15, 0.2) is 44.8 Å². The number of hydrazone groups is 1. The van der Waals surface area contributed by atoms with E-state index in [1.807, 2.05) is 24.3 Å². The van der Waals surface area contributed by atoms with Gasteiger partial charge in [0.1, 0.15) is 10.7 Å². The topological polar surface area (TPSA) is 70.1 Å². The molecular formula is C11H8BrClN4O. The number of hydrogen-bond donors (Lipinski definition) is 2. The summed E-state index contributed by atoms with van der Waals surface area (Å²) in [6.07, 6.45) is 3.00. The summed E-state index contributed by atoms with van der Waals surface area (Å²) in [4.78, 5) is 11.2. The number of aromatic amines is 1. The zero-order valence-corrected chi connectivity index (χ0v) is 11.4. The molecule has 0 atom stereocenters. The highest BCUT2D eigenvalue weighted by atomic mass is 79.9. The first-order chi connectivity index (χ1) is 8.68. The molecule has 0 saturated carbocycles. The van der Waals surface area contributed by atoms with Gasteiger partial charge in [0.2, 0.25) is 0 Å². The van der Waals surface area contributed by atoms with Crippen molar-refractivity contribution in [1.29, 1.82) is 0 Å². The van der Waals surface area contributed by atoms with Crippen LogP contribution in [0.2, 0.25) is 5.02 Å². The molecule has 0 aliphatic heterocycles. The van der Waals surface area contributed by atoms with E-state index >= 15 is 0 Å². The summed E-state index contributed by atoms with van der Waals surface area (Å²) < 4.78 is 0.922. The number of H-pyrrole nitrogens is 1. The molecule has 2 aromatic rings. The van der Waals surface area contributed by atoms with Crippen LogP contribution in [0.1, 0.15) is 5.56 Å². The van der Waals surface area contributed by atoms with Gasteiger partial charge in [-0.05, 0) is 6.07 Å². The molecule has 5 nitrogen and oxygen atoms in total. The highest BCUT2D eigenvalue weighted by molar-refractivity contribution is 9.10. The fraction of sp³-hybridized carbons (Fsp3) is 0. The number of anilines is 1. The molecule has 0 aliphatic carbocycles. The van der Waals surface area contributed by atoms with Gasteiger partial charge in [0.05, 0.1) is 12.4 Å². The van der Waals surface area contributed by atoms with Crippen LogP contribution in [-0.2, 0) is 0 Å². The number of halogens is 2. The van der Waals surface area contributed by atoms with Gasteiger partial charge in [0, 0.05) is 10.0 Å². The molecule has 18 heavy (non-hydrogen) atoms. The minimum Gasteiger partial charge on any atom is -0.275 e. The monoisotopic (exact) mass is 326 g/mol. The van der Waals surface area contributed by atoms with Gasteiger partial charge in [-0.25, -0.2) is 5.10 Å². The van der Waals surface area contributed by atoms with E-state index in [2.05, 4.69) is 36.7 Å². The third-order valence-corrected chi connectivity index (χ3v) is 3.19. The average molecular weight is 328 g/mol. The lowest BCUT2D eigenvalue weighted by Crippen LogP contribution is -2.10.